The number of rotatable bonds is 4. The van der Waals surface area contributed by atoms with Crippen molar-refractivity contribution in [1.82, 2.24) is 0 Å². The molecule has 0 bridgehead atoms. The second-order valence-corrected chi connectivity index (χ2v) is 6.40. The van der Waals surface area contributed by atoms with Crippen LogP contribution in [-0.4, -0.2) is 34.5 Å². The molecule has 0 saturated carbocycles. The van der Waals surface area contributed by atoms with Crippen molar-refractivity contribution in [1.29, 1.82) is 0 Å². The summed E-state index contributed by atoms with van der Waals surface area (Å²) < 4.78 is 33.9. The van der Waals surface area contributed by atoms with Gasteiger partial charge in [0.25, 0.3) is 0 Å². The molecule has 1 aromatic carbocycles. The number of benzene rings is 1. The van der Waals surface area contributed by atoms with Crippen LogP contribution in [0.5, 0.6) is 0 Å². The van der Waals surface area contributed by atoms with Crippen molar-refractivity contribution in [3.8, 4) is 0 Å². The molecule has 1 aromatic rings. The zero-order chi connectivity index (χ0) is 12.5. The molecule has 1 saturated heterocycles. The predicted molar refractivity (Wildman–Crippen MR) is 63.7 cm³/mol. The van der Waals surface area contributed by atoms with E-state index in [-0.39, 0.29) is 5.75 Å². The zero-order valence-corrected chi connectivity index (χ0v) is 10.8. The van der Waals surface area contributed by atoms with Gasteiger partial charge < -0.3 is 9.47 Å². The van der Waals surface area contributed by atoms with Gasteiger partial charge in [-0.05, 0) is 17.7 Å². The van der Waals surface area contributed by atoms with Crippen molar-refractivity contribution < 1.29 is 17.9 Å². The average Bonchev–Trinajstić information content (AvgIpc) is 2.29. The van der Waals surface area contributed by atoms with E-state index in [4.69, 9.17) is 9.47 Å². The van der Waals surface area contributed by atoms with Crippen LogP contribution in [-0.2, 0) is 24.9 Å². The molecule has 0 N–H and O–H groups in total. The monoisotopic (exact) mass is 256 g/mol. The molecule has 0 aliphatic carbocycles. The minimum Gasteiger partial charge on any atom is -0.375 e. The van der Waals surface area contributed by atoms with Crippen LogP contribution in [0.15, 0.2) is 29.2 Å². The fraction of sp³-hybridized carbons (Fsp3) is 0.500. The fourth-order valence-electron chi connectivity index (χ4n) is 1.82. The SMILES string of the molecule is CCS(=O)(=O)c1ccc(C2(OC)COC2)cc1. The molecule has 94 valence electrons. The van der Waals surface area contributed by atoms with Crippen LogP contribution in [0.1, 0.15) is 12.5 Å². The van der Waals surface area contributed by atoms with Gasteiger partial charge in [0.2, 0.25) is 0 Å². The van der Waals surface area contributed by atoms with Gasteiger partial charge in [-0.15, -0.1) is 0 Å². The van der Waals surface area contributed by atoms with Crippen LogP contribution in [0.4, 0.5) is 0 Å². The number of methoxy groups -OCH3 is 1. The van der Waals surface area contributed by atoms with Crippen LogP contribution in [0.25, 0.3) is 0 Å². The molecule has 17 heavy (non-hydrogen) atoms. The minimum absolute atomic E-state index is 0.116. The van der Waals surface area contributed by atoms with E-state index < -0.39 is 15.4 Å². The molecule has 0 spiro atoms. The van der Waals surface area contributed by atoms with Gasteiger partial charge in [0.05, 0.1) is 23.9 Å². The van der Waals surface area contributed by atoms with E-state index in [1.54, 1.807) is 38.3 Å². The lowest BCUT2D eigenvalue weighted by Gasteiger charge is -2.40. The second kappa shape index (κ2) is 4.40. The highest BCUT2D eigenvalue weighted by Crippen LogP contribution is 2.33. The van der Waals surface area contributed by atoms with Gasteiger partial charge >= 0.3 is 0 Å². The Labute approximate surface area is 101 Å². The molecular weight excluding hydrogens is 240 g/mol. The standard InChI is InChI=1S/C12H16O4S/c1-3-17(13,14)11-6-4-10(5-7-11)12(15-2)8-16-9-12/h4-7H,3,8-9H2,1-2H3. The minimum atomic E-state index is -3.13. The van der Waals surface area contributed by atoms with Crippen molar-refractivity contribution in [3.63, 3.8) is 0 Å². The highest BCUT2D eigenvalue weighted by atomic mass is 32.2. The van der Waals surface area contributed by atoms with E-state index in [0.29, 0.717) is 18.1 Å². The maximum atomic E-state index is 11.7. The second-order valence-electron chi connectivity index (χ2n) is 4.12. The van der Waals surface area contributed by atoms with Gasteiger partial charge in [0.15, 0.2) is 9.84 Å². The summed E-state index contributed by atoms with van der Waals surface area (Å²) in [6, 6.07) is 6.86. The van der Waals surface area contributed by atoms with Gasteiger partial charge in [-0.3, -0.25) is 0 Å². The Morgan fingerprint density at radius 2 is 1.88 bits per heavy atom. The van der Waals surface area contributed by atoms with E-state index in [9.17, 15) is 8.42 Å². The summed E-state index contributed by atoms with van der Waals surface area (Å²) in [5.41, 5.74) is 0.565. The van der Waals surface area contributed by atoms with Gasteiger partial charge in [-0.1, -0.05) is 19.1 Å². The predicted octanol–water partition coefficient (Wildman–Crippen LogP) is 1.35. The first-order valence-corrected chi connectivity index (χ1v) is 7.15. The molecule has 0 radical (unpaired) electrons. The van der Waals surface area contributed by atoms with E-state index in [1.807, 2.05) is 0 Å². The van der Waals surface area contributed by atoms with Crippen LogP contribution >= 0.6 is 0 Å². The zero-order valence-electron chi connectivity index (χ0n) is 9.97. The molecule has 0 unspecified atom stereocenters. The normalized spacial score (nSPS) is 18.7. The summed E-state index contributed by atoms with van der Waals surface area (Å²) in [5, 5.41) is 0. The Morgan fingerprint density at radius 1 is 1.29 bits per heavy atom. The van der Waals surface area contributed by atoms with E-state index >= 15 is 0 Å². The lowest BCUT2D eigenvalue weighted by molar-refractivity contribution is -0.202. The first kappa shape index (κ1) is 12.5. The third kappa shape index (κ3) is 2.10. The Hall–Kier alpha value is -0.910. The van der Waals surface area contributed by atoms with Gasteiger partial charge in [0.1, 0.15) is 5.60 Å². The van der Waals surface area contributed by atoms with Crippen molar-refractivity contribution in [2.24, 2.45) is 0 Å². The Kier molecular flexibility index (Phi) is 3.25. The smallest absolute Gasteiger partial charge is 0.178 e. The summed E-state index contributed by atoms with van der Waals surface area (Å²) in [6.45, 7) is 2.67. The Morgan fingerprint density at radius 3 is 2.24 bits per heavy atom. The fourth-order valence-corrected chi connectivity index (χ4v) is 2.71. The highest BCUT2D eigenvalue weighted by molar-refractivity contribution is 7.91. The molecule has 2 rings (SSSR count). The lowest BCUT2D eigenvalue weighted by Crippen LogP contribution is -2.48. The third-order valence-electron chi connectivity index (χ3n) is 3.18. The van der Waals surface area contributed by atoms with Crippen molar-refractivity contribution in [2.45, 2.75) is 17.4 Å². The molecule has 4 nitrogen and oxygen atoms in total. The molecule has 0 amide bonds. The Bertz CT molecular complexity index is 480. The quantitative estimate of drug-likeness (QED) is 0.816. The number of sulfone groups is 1. The Balaban J connectivity index is 2.30. The molecule has 0 aromatic heterocycles. The van der Waals surface area contributed by atoms with Crippen LogP contribution < -0.4 is 0 Å². The van der Waals surface area contributed by atoms with Gasteiger partial charge in [-0.25, -0.2) is 8.42 Å². The van der Waals surface area contributed by atoms with Gasteiger partial charge in [-0.2, -0.15) is 0 Å². The van der Waals surface area contributed by atoms with E-state index in [1.165, 1.54) is 0 Å². The highest BCUT2D eigenvalue weighted by Gasteiger charge is 2.40. The molecule has 1 aliphatic rings. The molecule has 1 fully saturated rings. The third-order valence-corrected chi connectivity index (χ3v) is 4.93. The summed E-state index contributed by atoms with van der Waals surface area (Å²) in [5.74, 6) is 0.116. The van der Waals surface area contributed by atoms with Crippen LogP contribution in [0, 0.1) is 0 Å². The number of ether oxygens (including phenoxy) is 2. The summed E-state index contributed by atoms with van der Waals surface area (Å²) in [6.07, 6.45) is 0. The lowest BCUT2D eigenvalue weighted by atomic mass is 9.92. The first-order chi connectivity index (χ1) is 8.04. The maximum Gasteiger partial charge on any atom is 0.178 e. The van der Waals surface area contributed by atoms with Crippen LogP contribution in [0.3, 0.4) is 0 Å². The van der Waals surface area contributed by atoms with Crippen molar-refractivity contribution >= 4 is 9.84 Å². The number of hydrogen-bond donors (Lipinski definition) is 0. The molecular formula is C12H16O4S. The summed E-state index contributed by atoms with van der Waals surface area (Å²) in [7, 11) is -1.49. The van der Waals surface area contributed by atoms with E-state index in [0.717, 1.165) is 5.56 Å². The van der Waals surface area contributed by atoms with Crippen LogP contribution in [0.2, 0.25) is 0 Å². The van der Waals surface area contributed by atoms with E-state index in [2.05, 4.69) is 0 Å². The molecule has 1 heterocycles. The number of hydrogen-bond acceptors (Lipinski definition) is 4. The maximum absolute atomic E-state index is 11.7. The van der Waals surface area contributed by atoms with Gasteiger partial charge in [0, 0.05) is 7.11 Å². The topological polar surface area (TPSA) is 52.6 Å². The average molecular weight is 256 g/mol. The molecule has 0 atom stereocenters. The summed E-state index contributed by atoms with van der Waals surface area (Å²) >= 11 is 0. The van der Waals surface area contributed by atoms with Crippen molar-refractivity contribution in [2.75, 3.05) is 26.1 Å². The summed E-state index contributed by atoms with van der Waals surface area (Å²) in [4.78, 5) is 0.357. The molecule has 5 heteroatoms. The largest absolute Gasteiger partial charge is 0.375 e. The first-order valence-electron chi connectivity index (χ1n) is 5.50. The van der Waals surface area contributed by atoms with Crippen molar-refractivity contribution in [3.05, 3.63) is 29.8 Å². The molecule has 1 aliphatic heterocycles.